The van der Waals surface area contributed by atoms with E-state index in [9.17, 15) is 14.7 Å². The number of aromatic nitrogens is 2. The summed E-state index contributed by atoms with van der Waals surface area (Å²) in [6.45, 7) is 1.23. The minimum atomic E-state index is -0.990. The Balaban J connectivity index is 1.56. The van der Waals surface area contributed by atoms with Gasteiger partial charge in [-0.25, -0.2) is 4.98 Å². The summed E-state index contributed by atoms with van der Waals surface area (Å²) in [6.07, 6.45) is 0. The van der Waals surface area contributed by atoms with Gasteiger partial charge in [0.25, 0.3) is 5.78 Å². The molecule has 3 heterocycles. The number of Topliss-reactive ketones (excluding diaryl/α,β-unsaturated/α-hetero) is 1. The Morgan fingerprint density at radius 2 is 1.85 bits per heavy atom. The summed E-state index contributed by atoms with van der Waals surface area (Å²) >= 11 is 0. The molecule has 2 aliphatic rings. The molecule has 1 aromatic heterocycles. The highest BCUT2D eigenvalue weighted by atomic mass is 16.5. The molecular weight excluding hydrogens is 500 g/mol. The first-order valence-electron chi connectivity index (χ1n) is 12.4. The van der Waals surface area contributed by atoms with Gasteiger partial charge in [-0.2, -0.15) is 0 Å². The fourth-order valence-electron chi connectivity index (χ4n) is 5.10. The first kappa shape index (κ1) is 24.4. The molecule has 2 aliphatic heterocycles. The van der Waals surface area contributed by atoms with E-state index in [0.717, 1.165) is 5.69 Å². The topological polar surface area (TPSA) is 117 Å². The van der Waals surface area contributed by atoms with Gasteiger partial charge in [0, 0.05) is 12.6 Å². The van der Waals surface area contributed by atoms with Gasteiger partial charge in [0.1, 0.15) is 18.1 Å². The maximum absolute atomic E-state index is 13.6. The Morgan fingerprint density at radius 1 is 1.05 bits per heavy atom. The monoisotopic (exact) mass is 526 g/mol. The molecule has 4 aromatic rings. The number of methoxy groups -OCH3 is 2. The van der Waals surface area contributed by atoms with E-state index < -0.39 is 17.7 Å². The number of aliphatic hydroxyl groups is 1. The minimum absolute atomic E-state index is 0.0630. The normalized spacial score (nSPS) is 18.3. The number of carbonyl (C=O) groups excluding carboxylic acids is 2. The van der Waals surface area contributed by atoms with Crippen LogP contribution in [-0.2, 0) is 9.59 Å². The van der Waals surface area contributed by atoms with Crippen molar-refractivity contribution in [3.05, 3.63) is 77.4 Å². The highest BCUT2D eigenvalue weighted by Crippen LogP contribution is 2.44. The number of rotatable bonds is 5. The van der Waals surface area contributed by atoms with Gasteiger partial charge in [-0.1, -0.05) is 18.2 Å². The number of hydrogen-bond donors (Lipinski definition) is 2. The summed E-state index contributed by atoms with van der Waals surface area (Å²) in [5.74, 6) is -0.162. The van der Waals surface area contributed by atoms with Crippen LogP contribution in [0, 0.1) is 0 Å². The number of benzene rings is 3. The number of H-pyrrole nitrogens is 1. The number of imidazole rings is 1. The Labute approximate surface area is 224 Å². The molecule has 2 N–H and O–H groups in total. The Bertz CT molecular complexity index is 1630. The summed E-state index contributed by atoms with van der Waals surface area (Å²) in [5.41, 5.74) is 2.98. The molecule has 6 rings (SSSR count). The van der Waals surface area contributed by atoms with Crippen LogP contribution < -0.4 is 24.0 Å². The molecule has 0 aliphatic carbocycles. The van der Waals surface area contributed by atoms with Crippen LogP contribution >= 0.6 is 0 Å². The molecule has 0 bridgehead atoms. The number of ketones is 1. The minimum Gasteiger partial charge on any atom is -0.507 e. The van der Waals surface area contributed by atoms with Gasteiger partial charge >= 0.3 is 5.91 Å². The molecule has 3 aromatic carbocycles. The molecule has 10 heteroatoms. The second-order valence-corrected chi connectivity index (χ2v) is 9.31. The first-order valence-corrected chi connectivity index (χ1v) is 12.4. The fourth-order valence-corrected chi connectivity index (χ4v) is 5.10. The SMILES string of the molecule is COc1ccc(C2/C(=C(\O)c3ccc4c(c3)N(C)CCO4)C(=O)C(=O)N2c2nc3ccccc3[nH]2)cc1OC. The maximum atomic E-state index is 13.6. The lowest BCUT2D eigenvalue weighted by molar-refractivity contribution is -0.132. The zero-order chi connectivity index (χ0) is 27.3. The number of aliphatic hydroxyl groups excluding tert-OH is 1. The first-order chi connectivity index (χ1) is 18.9. The Morgan fingerprint density at radius 3 is 2.62 bits per heavy atom. The van der Waals surface area contributed by atoms with Crippen LogP contribution in [0.15, 0.2) is 66.2 Å². The lowest BCUT2D eigenvalue weighted by Gasteiger charge is -2.28. The van der Waals surface area contributed by atoms with Crippen LogP contribution in [0.3, 0.4) is 0 Å². The molecule has 1 atom stereocenters. The van der Waals surface area contributed by atoms with Crippen molar-refractivity contribution in [2.24, 2.45) is 0 Å². The van der Waals surface area contributed by atoms with Crippen LogP contribution in [0.4, 0.5) is 11.6 Å². The molecule has 1 saturated heterocycles. The average molecular weight is 527 g/mol. The second-order valence-electron chi connectivity index (χ2n) is 9.31. The molecule has 0 spiro atoms. The molecule has 1 unspecified atom stereocenters. The van der Waals surface area contributed by atoms with E-state index in [2.05, 4.69) is 9.97 Å². The standard InChI is InChI=1S/C29H26N4O6/c1-32-12-13-39-21-10-9-17(14-20(21)32)26(34)24-25(16-8-11-22(37-2)23(15-16)38-3)33(28(36)27(24)35)29-30-18-6-4-5-7-19(18)31-29/h4-11,14-15,25,34H,12-13H2,1-3H3,(H,30,31)/b26-24+. The van der Waals surface area contributed by atoms with E-state index in [1.165, 1.54) is 19.1 Å². The van der Waals surface area contributed by atoms with E-state index >= 15 is 0 Å². The van der Waals surface area contributed by atoms with Crippen LogP contribution in [0.2, 0.25) is 0 Å². The van der Waals surface area contributed by atoms with Crippen molar-refractivity contribution in [2.75, 3.05) is 44.2 Å². The number of aromatic amines is 1. The molecular formula is C29H26N4O6. The van der Waals surface area contributed by atoms with Crippen molar-refractivity contribution in [1.29, 1.82) is 0 Å². The molecule has 0 radical (unpaired) electrons. The quantitative estimate of drug-likeness (QED) is 0.227. The average Bonchev–Trinajstić information content (AvgIpc) is 3.50. The van der Waals surface area contributed by atoms with E-state index in [0.29, 0.717) is 52.6 Å². The third-order valence-electron chi connectivity index (χ3n) is 7.10. The predicted octanol–water partition coefficient (Wildman–Crippen LogP) is 4.04. The summed E-state index contributed by atoms with van der Waals surface area (Å²) in [6, 6.07) is 16.6. The van der Waals surface area contributed by atoms with E-state index in [4.69, 9.17) is 14.2 Å². The van der Waals surface area contributed by atoms with Crippen LogP contribution in [0.5, 0.6) is 17.2 Å². The Kier molecular flexibility index (Phi) is 5.86. The Hall–Kier alpha value is -4.99. The van der Waals surface area contributed by atoms with Gasteiger partial charge in [-0.3, -0.25) is 14.5 Å². The number of hydrogen-bond acceptors (Lipinski definition) is 8. The number of anilines is 2. The van der Waals surface area contributed by atoms with E-state index in [1.807, 2.05) is 36.2 Å². The molecule has 1 amide bonds. The summed E-state index contributed by atoms with van der Waals surface area (Å²) in [7, 11) is 4.95. The number of carbonyl (C=O) groups is 2. The third kappa shape index (κ3) is 3.92. The van der Waals surface area contributed by atoms with Crippen LogP contribution in [0.25, 0.3) is 16.8 Å². The molecule has 1 fully saturated rings. The number of amides is 1. The van der Waals surface area contributed by atoms with Crippen LogP contribution in [0.1, 0.15) is 17.2 Å². The van der Waals surface area contributed by atoms with Gasteiger partial charge in [0.2, 0.25) is 5.95 Å². The number of nitrogens with one attached hydrogen (secondary N) is 1. The molecule has 198 valence electrons. The number of likely N-dealkylation sites (N-methyl/N-ethyl adjacent to an activating group) is 1. The number of para-hydroxylation sites is 2. The van der Waals surface area contributed by atoms with Crippen molar-refractivity contribution in [3.63, 3.8) is 0 Å². The van der Waals surface area contributed by atoms with E-state index in [1.54, 1.807) is 36.4 Å². The second kappa shape index (κ2) is 9.39. The molecule has 0 saturated carbocycles. The lowest BCUT2D eigenvalue weighted by atomic mass is 9.94. The largest absolute Gasteiger partial charge is 0.507 e. The zero-order valence-corrected chi connectivity index (χ0v) is 21.6. The lowest BCUT2D eigenvalue weighted by Crippen LogP contribution is -2.30. The van der Waals surface area contributed by atoms with Gasteiger partial charge in [-0.15, -0.1) is 0 Å². The van der Waals surface area contributed by atoms with Crippen molar-refractivity contribution < 1.29 is 28.9 Å². The maximum Gasteiger partial charge on any atom is 0.302 e. The van der Waals surface area contributed by atoms with Gasteiger partial charge in [0.15, 0.2) is 11.5 Å². The van der Waals surface area contributed by atoms with Crippen molar-refractivity contribution >= 4 is 40.1 Å². The zero-order valence-electron chi connectivity index (χ0n) is 21.6. The van der Waals surface area contributed by atoms with Gasteiger partial charge in [-0.05, 0) is 48.0 Å². The van der Waals surface area contributed by atoms with Crippen molar-refractivity contribution in [1.82, 2.24) is 9.97 Å². The molecule has 10 nitrogen and oxygen atoms in total. The van der Waals surface area contributed by atoms with E-state index in [-0.39, 0.29) is 17.3 Å². The highest BCUT2D eigenvalue weighted by molar-refractivity contribution is 6.51. The summed E-state index contributed by atoms with van der Waals surface area (Å²) < 4.78 is 16.6. The van der Waals surface area contributed by atoms with Gasteiger partial charge < -0.3 is 29.2 Å². The summed E-state index contributed by atoms with van der Waals surface area (Å²) in [5, 5.41) is 11.6. The smallest absolute Gasteiger partial charge is 0.302 e. The fraction of sp³-hybridized carbons (Fsp3) is 0.207. The third-order valence-corrected chi connectivity index (χ3v) is 7.10. The van der Waals surface area contributed by atoms with Crippen LogP contribution in [-0.4, -0.2) is 61.2 Å². The summed E-state index contributed by atoms with van der Waals surface area (Å²) in [4.78, 5) is 38.2. The molecule has 39 heavy (non-hydrogen) atoms. The van der Waals surface area contributed by atoms with Crippen molar-refractivity contribution in [2.45, 2.75) is 6.04 Å². The number of ether oxygens (including phenoxy) is 3. The highest BCUT2D eigenvalue weighted by Gasteiger charge is 2.48. The van der Waals surface area contributed by atoms with Crippen molar-refractivity contribution in [3.8, 4) is 17.2 Å². The number of nitrogens with zero attached hydrogens (tertiary/aromatic N) is 3. The van der Waals surface area contributed by atoms with Gasteiger partial charge in [0.05, 0.1) is 49.1 Å². The number of fused-ring (bicyclic) bond motifs is 2. The predicted molar refractivity (Wildman–Crippen MR) is 146 cm³/mol.